The zero-order valence-electron chi connectivity index (χ0n) is 13.0. The van der Waals surface area contributed by atoms with E-state index < -0.39 is 6.10 Å². The Labute approximate surface area is 138 Å². The van der Waals surface area contributed by atoms with E-state index in [4.69, 9.17) is 4.74 Å². The highest BCUT2D eigenvalue weighted by atomic mass is 32.1. The molecule has 5 nitrogen and oxygen atoms in total. The van der Waals surface area contributed by atoms with Gasteiger partial charge in [-0.05, 0) is 54.8 Å². The van der Waals surface area contributed by atoms with E-state index in [-0.39, 0.29) is 17.9 Å². The molecule has 0 saturated heterocycles. The second-order valence-electron chi connectivity index (χ2n) is 5.64. The summed E-state index contributed by atoms with van der Waals surface area (Å²) in [5.41, 5.74) is 2.17. The number of amides is 2. The minimum atomic E-state index is -0.611. The van der Waals surface area contributed by atoms with Crippen molar-refractivity contribution in [3.63, 3.8) is 0 Å². The lowest BCUT2D eigenvalue weighted by molar-refractivity contribution is -0.122. The van der Waals surface area contributed by atoms with Crippen LogP contribution in [0.4, 0.5) is 5.69 Å². The monoisotopic (exact) mass is 330 g/mol. The van der Waals surface area contributed by atoms with Crippen molar-refractivity contribution < 1.29 is 14.3 Å². The van der Waals surface area contributed by atoms with Gasteiger partial charge in [-0.2, -0.15) is 11.3 Å². The molecule has 6 heteroatoms. The van der Waals surface area contributed by atoms with Gasteiger partial charge < -0.3 is 15.4 Å². The number of rotatable bonds is 4. The summed E-state index contributed by atoms with van der Waals surface area (Å²) in [7, 11) is 0. The third-order valence-corrected chi connectivity index (χ3v) is 4.41. The quantitative estimate of drug-likeness (QED) is 0.906. The maximum atomic E-state index is 12.5. The normalized spacial score (nSPS) is 17.7. The van der Waals surface area contributed by atoms with Crippen molar-refractivity contribution in [3.05, 3.63) is 46.2 Å². The van der Waals surface area contributed by atoms with Crippen LogP contribution in [-0.4, -0.2) is 24.0 Å². The lowest BCUT2D eigenvalue weighted by atomic mass is 10.1. The number of anilines is 1. The van der Waals surface area contributed by atoms with Gasteiger partial charge in [-0.1, -0.05) is 6.07 Å². The van der Waals surface area contributed by atoms with Crippen molar-refractivity contribution in [1.82, 2.24) is 5.32 Å². The Morgan fingerprint density at radius 2 is 2.26 bits per heavy atom. The number of nitrogens with one attached hydrogen (secondary N) is 2. The average molecular weight is 330 g/mol. The molecule has 0 saturated carbocycles. The average Bonchev–Trinajstić information content (AvgIpc) is 3.00. The van der Waals surface area contributed by atoms with Crippen LogP contribution < -0.4 is 15.4 Å². The summed E-state index contributed by atoms with van der Waals surface area (Å²) in [6, 6.07) is 7.22. The van der Waals surface area contributed by atoms with Gasteiger partial charge in [0.25, 0.3) is 11.8 Å². The Kier molecular flexibility index (Phi) is 4.34. The summed E-state index contributed by atoms with van der Waals surface area (Å²) >= 11 is 1.64. The van der Waals surface area contributed by atoms with Crippen molar-refractivity contribution in [2.75, 3.05) is 5.32 Å². The highest BCUT2D eigenvalue weighted by molar-refractivity contribution is 7.07. The molecule has 2 atom stereocenters. The van der Waals surface area contributed by atoms with E-state index in [1.807, 2.05) is 12.3 Å². The zero-order chi connectivity index (χ0) is 16.4. The highest BCUT2D eigenvalue weighted by Gasteiger charge is 2.27. The van der Waals surface area contributed by atoms with Crippen molar-refractivity contribution in [3.8, 4) is 5.75 Å². The number of para-hydroxylation sites is 1. The van der Waals surface area contributed by atoms with E-state index >= 15 is 0 Å². The summed E-state index contributed by atoms with van der Waals surface area (Å²) in [6.07, 6.45) is 0.165. The van der Waals surface area contributed by atoms with Gasteiger partial charge in [-0.25, -0.2) is 0 Å². The number of carbonyl (C=O) groups is 2. The van der Waals surface area contributed by atoms with Gasteiger partial charge in [0, 0.05) is 6.04 Å². The van der Waals surface area contributed by atoms with Gasteiger partial charge in [0.05, 0.1) is 11.3 Å². The Morgan fingerprint density at radius 1 is 1.43 bits per heavy atom. The molecule has 23 heavy (non-hydrogen) atoms. The van der Waals surface area contributed by atoms with Crippen molar-refractivity contribution in [1.29, 1.82) is 0 Å². The van der Waals surface area contributed by atoms with Crippen molar-refractivity contribution in [2.24, 2.45) is 0 Å². The number of hydrogen-bond acceptors (Lipinski definition) is 4. The smallest absolute Gasteiger partial charge is 0.265 e. The van der Waals surface area contributed by atoms with E-state index in [1.54, 1.807) is 36.5 Å². The van der Waals surface area contributed by atoms with Crippen molar-refractivity contribution in [2.45, 2.75) is 32.4 Å². The molecule has 2 aromatic rings. The molecule has 1 aliphatic rings. The lowest BCUT2D eigenvalue weighted by Crippen LogP contribution is -2.37. The fraction of sp³-hybridized carbons (Fsp3) is 0.294. The maximum absolute atomic E-state index is 12.5. The molecule has 0 radical (unpaired) electrons. The lowest BCUT2D eigenvalue weighted by Gasteiger charge is -2.25. The molecule has 0 bridgehead atoms. The SMILES string of the molecule is C[C@H](Cc1ccsc1)NC(=O)c1cccc2c1O[C@H](C)C(=O)N2. The van der Waals surface area contributed by atoms with Crippen LogP contribution in [0.5, 0.6) is 5.75 Å². The highest BCUT2D eigenvalue weighted by Crippen LogP contribution is 2.33. The maximum Gasteiger partial charge on any atom is 0.265 e. The number of carbonyl (C=O) groups excluding carboxylic acids is 2. The Hall–Kier alpha value is -2.34. The van der Waals surface area contributed by atoms with Crippen LogP contribution in [0.25, 0.3) is 0 Å². The minimum absolute atomic E-state index is 0.00330. The Morgan fingerprint density at radius 3 is 3.00 bits per heavy atom. The topological polar surface area (TPSA) is 67.4 Å². The standard InChI is InChI=1S/C17H18N2O3S/c1-10(8-12-6-7-23-9-12)18-17(21)13-4-3-5-14-15(13)22-11(2)16(20)19-14/h3-7,9-11H,8H2,1-2H3,(H,18,21)(H,19,20)/t10-,11-/m1/s1. The predicted molar refractivity (Wildman–Crippen MR) is 90.1 cm³/mol. The first-order valence-electron chi connectivity index (χ1n) is 7.47. The molecule has 0 fully saturated rings. The molecule has 0 aliphatic carbocycles. The molecule has 120 valence electrons. The van der Waals surface area contributed by atoms with Crippen LogP contribution in [0.3, 0.4) is 0 Å². The van der Waals surface area contributed by atoms with Crippen molar-refractivity contribution >= 4 is 28.8 Å². The first-order valence-corrected chi connectivity index (χ1v) is 8.41. The van der Waals surface area contributed by atoms with E-state index in [0.29, 0.717) is 17.0 Å². The molecule has 0 spiro atoms. The van der Waals surface area contributed by atoms with Gasteiger partial charge in [0.2, 0.25) is 0 Å². The largest absolute Gasteiger partial charge is 0.478 e. The van der Waals surface area contributed by atoms with Gasteiger partial charge >= 0.3 is 0 Å². The molecular formula is C17H18N2O3S. The minimum Gasteiger partial charge on any atom is -0.478 e. The van der Waals surface area contributed by atoms with Gasteiger partial charge in [-0.15, -0.1) is 0 Å². The third kappa shape index (κ3) is 3.37. The second kappa shape index (κ2) is 6.42. The van der Waals surface area contributed by atoms with Crippen LogP contribution in [0, 0.1) is 0 Å². The van der Waals surface area contributed by atoms with Crippen LogP contribution in [0.2, 0.25) is 0 Å². The molecule has 1 aliphatic heterocycles. The molecule has 3 rings (SSSR count). The van der Waals surface area contributed by atoms with Crippen LogP contribution in [0.1, 0.15) is 29.8 Å². The molecule has 2 heterocycles. The summed E-state index contributed by atoms with van der Waals surface area (Å²) in [4.78, 5) is 24.2. The van der Waals surface area contributed by atoms with Gasteiger partial charge in [-0.3, -0.25) is 9.59 Å². The second-order valence-corrected chi connectivity index (χ2v) is 6.42. The summed E-state index contributed by atoms with van der Waals surface area (Å²) in [5, 5.41) is 9.84. The third-order valence-electron chi connectivity index (χ3n) is 3.68. The molecule has 1 aromatic heterocycles. The predicted octanol–water partition coefficient (Wildman–Crippen LogP) is 2.83. The van der Waals surface area contributed by atoms with Crippen LogP contribution in [0.15, 0.2) is 35.0 Å². The van der Waals surface area contributed by atoms with Gasteiger partial charge in [0.15, 0.2) is 11.9 Å². The molecule has 1 aromatic carbocycles. The summed E-state index contributed by atoms with van der Waals surface area (Å²) in [6.45, 7) is 3.63. The molecule has 0 unspecified atom stereocenters. The molecular weight excluding hydrogens is 312 g/mol. The van der Waals surface area contributed by atoms with Crippen LogP contribution >= 0.6 is 11.3 Å². The zero-order valence-corrected chi connectivity index (χ0v) is 13.8. The van der Waals surface area contributed by atoms with E-state index in [9.17, 15) is 9.59 Å². The Bertz CT molecular complexity index is 727. The van der Waals surface area contributed by atoms with E-state index in [1.165, 1.54) is 5.56 Å². The van der Waals surface area contributed by atoms with E-state index in [2.05, 4.69) is 22.1 Å². The Balaban J connectivity index is 1.75. The summed E-state index contributed by atoms with van der Waals surface area (Å²) in [5.74, 6) is 0.0219. The fourth-order valence-electron chi connectivity index (χ4n) is 2.52. The fourth-order valence-corrected chi connectivity index (χ4v) is 3.20. The van der Waals surface area contributed by atoms with E-state index in [0.717, 1.165) is 6.42 Å². The number of ether oxygens (including phenoxy) is 1. The molecule has 2 N–H and O–H groups in total. The first kappa shape index (κ1) is 15.6. The van der Waals surface area contributed by atoms with Crippen LogP contribution in [-0.2, 0) is 11.2 Å². The number of hydrogen-bond donors (Lipinski definition) is 2. The number of benzene rings is 1. The first-order chi connectivity index (χ1) is 11.0. The molecule has 2 amide bonds. The van der Waals surface area contributed by atoms with Gasteiger partial charge in [0.1, 0.15) is 0 Å². The number of thiophene rings is 1. The number of fused-ring (bicyclic) bond motifs is 1. The summed E-state index contributed by atoms with van der Waals surface area (Å²) < 4.78 is 5.61.